The summed E-state index contributed by atoms with van der Waals surface area (Å²) in [5.41, 5.74) is 7.98. The molecule has 3 rings (SSSR count). The van der Waals surface area contributed by atoms with Gasteiger partial charge >= 0.3 is 0 Å². The summed E-state index contributed by atoms with van der Waals surface area (Å²) >= 11 is 1.34. The molecule has 0 aliphatic rings. The van der Waals surface area contributed by atoms with E-state index in [2.05, 4.69) is 15.3 Å². The van der Waals surface area contributed by atoms with Gasteiger partial charge in [0.25, 0.3) is 0 Å². The molecule has 0 aliphatic heterocycles. The maximum atomic E-state index is 12.0. The average Bonchev–Trinajstić information content (AvgIpc) is 2.95. The van der Waals surface area contributed by atoms with Crippen LogP contribution < -0.4 is 11.1 Å². The van der Waals surface area contributed by atoms with E-state index in [0.717, 1.165) is 16.8 Å². The van der Waals surface area contributed by atoms with Gasteiger partial charge in [-0.15, -0.1) is 11.3 Å². The van der Waals surface area contributed by atoms with Crippen molar-refractivity contribution in [1.82, 2.24) is 9.97 Å². The Bertz CT molecular complexity index is 847. The molecule has 0 aliphatic carbocycles. The predicted octanol–water partition coefficient (Wildman–Crippen LogP) is 2.67. The van der Waals surface area contributed by atoms with E-state index in [1.165, 1.54) is 11.3 Å². The van der Waals surface area contributed by atoms with E-state index in [9.17, 15) is 9.90 Å². The van der Waals surface area contributed by atoms with Crippen LogP contribution >= 0.6 is 11.3 Å². The fraction of sp³-hybridized carbons (Fsp3) is 0.0625. The van der Waals surface area contributed by atoms with Crippen molar-refractivity contribution in [3.63, 3.8) is 0 Å². The van der Waals surface area contributed by atoms with E-state index in [1.54, 1.807) is 36.5 Å². The summed E-state index contributed by atoms with van der Waals surface area (Å²) in [5, 5.41) is 14.5. The molecule has 3 aromatic rings. The molecule has 1 aromatic carbocycles. The molecule has 0 saturated heterocycles. The fourth-order valence-corrected chi connectivity index (χ4v) is 2.82. The molecule has 2 heterocycles. The highest BCUT2D eigenvalue weighted by Crippen LogP contribution is 2.25. The molecule has 116 valence electrons. The first-order valence-corrected chi connectivity index (χ1v) is 7.73. The van der Waals surface area contributed by atoms with Crippen LogP contribution in [0.2, 0.25) is 0 Å². The van der Waals surface area contributed by atoms with Gasteiger partial charge in [-0.2, -0.15) is 0 Å². The Morgan fingerprint density at radius 2 is 2.17 bits per heavy atom. The molecular weight excluding hydrogens is 312 g/mol. The van der Waals surface area contributed by atoms with Gasteiger partial charge in [-0.25, -0.2) is 9.97 Å². The van der Waals surface area contributed by atoms with Crippen LogP contribution in [-0.2, 0) is 11.2 Å². The summed E-state index contributed by atoms with van der Waals surface area (Å²) in [6.07, 6.45) is 1.79. The number of phenolic OH excluding ortho intramolecular Hbond substituents is 1. The average molecular weight is 326 g/mol. The van der Waals surface area contributed by atoms with Crippen molar-refractivity contribution in [2.45, 2.75) is 6.42 Å². The molecule has 2 aromatic heterocycles. The normalized spacial score (nSPS) is 10.4. The number of nitrogens with one attached hydrogen (secondary N) is 1. The first kappa shape index (κ1) is 15.0. The van der Waals surface area contributed by atoms with E-state index in [1.807, 2.05) is 11.4 Å². The summed E-state index contributed by atoms with van der Waals surface area (Å²) in [6.45, 7) is 0. The minimum Gasteiger partial charge on any atom is -0.508 e. The number of carbonyl (C=O) groups is 1. The van der Waals surface area contributed by atoms with Crippen LogP contribution in [0.5, 0.6) is 5.75 Å². The summed E-state index contributed by atoms with van der Waals surface area (Å²) in [6, 6.07) is 10.2. The number of nitrogens with zero attached hydrogens (tertiary/aromatic N) is 2. The second-order valence-electron chi connectivity index (χ2n) is 4.90. The number of nitrogens with two attached hydrogens (primary N) is 1. The van der Waals surface area contributed by atoms with Crippen molar-refractivity contribution in [3.05, 3.63) is 53.5 Å². The third-order valence-electron chi connectivity index (χ3n) is 3.10. The van der Waals surface area contributed by atoms with Crippen molar-refractivity contribution in [1.29, 1.82) is 0 Å². The second kappa shape index (κ2) is 6.45. The van der Waals surface area contributed by atoms with Crippen molar-refractivity contribution in [2.24, 2.45) is 0 Å². The zero-order valence-corrected chi connectivity index (χ0v) is 12.9. The van der Waals surface area contributed by atoms with Gasteiger partial charge in [0.15, 0.2) is 5.13 Å². The molecular formula is C16H14N4O2S. The smallest absolute Gasteiger partial charge is 0.230 e. The summed E-state index contributed by atoms with van der Waals surface area (Å²) in [4.78, 5) is 20.3. The molecule has 0 unspecified atom stereocenters. The van der Waals surface area contributed by atoms with Crippen LogP contribution in [0.4, 0.5) is 10.9 Å². The van der Waals surface area contributed by atoms with Gasteiger partial charge in [-0.3, -0.25) is 4.79 Å². The molecule has 0 bridgehead atoms. The van der Waals surface area contributed by atoms with E-state index < -0.39 is 0 Å². The Morgan fingerprint density at radius 3 is 2.96 bits per heavy atom. The highest BCUT2D eigenvalue weighted by atomic mass is 32.1. The first-order valence-electron chi connectivity index (χ1n) is 6.85. The molecule has 0 radical (unpaired) electrons. The monoisotopic (exact) mass is 326 g/mol. The number of carbonyl (C=O) groups excluding carboxylic acids is 1. The van der Waals surface area contributed by atoms with E-state index in [-0.39, 0.29) is 18.1 Å². The van der Waals surface area contributed by atoms with Gasteiger partial charge in [0.2, 0.25) is 5.91 Å². The minimum atomic E-state index is -0.189. The molecule has 6 nitrogen and oxygen atoms in total. The third kappa shape index (κ3) is 3.83. The number of hydrogen-bond donors (Lipinski definition) is 3. The van der Waals surface area contributed by atoms with Crippen LogP contribution in [0, 0.1) is 0 Å². The van der Waals surface area contributed by atoms with E-state index in [0.29, 0.717) is 10.9 Å². The molecule has 7 heteroatoms. The van der Waals surface area contributed by atoms with Gasteiger partial charge in [0, 0.05) is 17.1 Å². The molecule has 4 N–H and O–H groups in total. The molecule has 1 amide bonds. The van der Waals surface area contributed by atoms with Crippen molar-refractivity contribution < 1.29 is 9.90 Å². The third-order valence-corrected chi connectivity index (χ3v) is 3.86. The van der Waals surface area contributed by atoms with Crippen LogP contribution in [-0.4, -0.2) is 21.0 Å². The Balaban J connectivity index is 1.68. The number of aromatic nitrogens is 2. The SMILES string of the molecule is Nc1cc(-c2csc(NC(=O)Cc3cccc(O)c3)n2)ccn1. The predicted molar refractivity (Wildman–Crippen MR) is 90.2 cm³/mol. The number of rotatable bonds is 4. The van der Waals surface area contributed by atoms with Gasteiger partial charge in [-0.05, 0) is 29.8 Å². The number of benzene rings is 1. The van der Waals surface area contributed by atoms with Gasteiger partial charge in [0.05, 0.1) is 12.1 Å². The zero-order chi connectivity index (χ0) is 16.2. The quantitative estimate of drug-likeness (QED) is 0.684. The number of phenols is 1. The van der Waals surface area contributed by atoms with Crippen molar-refractivity contribution in [2.75, 3.05) is 11.1 Å². The van der Waals surface area contributed by atoms with Gasteiger partial charge < -0.3 is 16.2 Å². The molecule has 0 fully saturated rings. The number of anilines is 2. The lowest BCUT2D eigenvalue weighted by molar-refractivity contribution is -0.115. The maximum absolute atomic E-state index is 12.0. The topological polar surface area (TPSA) is 101 Å². The van der Waals surface area contributed by atoms with E-state index >= 15 is 0 Å². The van der Waals surface area contributed by atoms with Crippen molar-refractivity contribution in [3.8, 4) is 17.0 Å². The van der Waals surface area contributed by atoms with Gasteiger partial charge in [0.1, 0.15) is 11.6 Å². The first-order chi connectivity index (χ1) is 11.1. The lowest BCUT2D eigenvalue weighted by Crippen LogP contribution is -2.14. The zero-order valence-electron chi connectivity index (χ0n) is 12.1. The number of pyridine rings is 1. The lowest BCUT2D eigenvalue weighted by Gasteiger charge is -2.02. The number of amides is 1. The summed E-state index contributed by atoms with van der Waals surface area (Å²) < 4.78 is 0. The Kier molecular flexibility index (Phi) is 4.20. The molecule has 0 saturated carbocycles. The van der Waals surface area contributed by atoms with Crippen LogP contribution in [0.25, 0.3) is 11.3 Å². The Morgan fingerprint density at radius 1 is 1.30 bits per heavy atom. The van der Waals surface area contributed by atoms with Gasteiger partial charge in [-0.1, -0.05) is 12.1 Å². The van der Waals surface area contributed by atoms with Crippen LogP contribution in [0.3, 0.4) is 0 Å². The second-order valence-corrected chi connectivity index (χ2v) is 5.76. The largest absolute Gasteiger partial charge is 0.508 e. The Labute approximate surface area is 136 Å². The highest BCUT2D eigenvalue weighted by Gasteiger charge is 2.09. The Hall–Kier alpha value is -2.93. The summed E-state index contributed by atoms with van der Waals surface area (Å²) in [7, 11) is 0. The molecule has 23 heavy (non-hydrogen) atoms. The number of aromatic hydroxyl groups is 1. The number of thiazole rings is 1. The highest BCUT2D eigenvalue weighted by molar-refractivity contribution is 7.14. The number of nitrogen functional groups attached to an aromatic ring is 1. The lowest BCUT2D eigenvalue weighted by atomic mass is 10.1. The number of hydrogen-bond acceptors (Lipinski definition) is 6. The van der Waals surface area contributed by atoms with Crippen LogP contribution in [0.1, 0.15) is 5.56 Å². The van der Waals surface area contributed by atoms with E-state index in [4.69, 9.17) is 5.73 Å². The molecule has 0 atom stereocenters. The minimum absolute atomic E-state index is 0.141. The standard InChI is InChI=1S/C16H14N4O2S/c17-14-8-11(4-5-18-14)13-9-23-16(19-13)20-15(22)7-10-2-1-3-12(21)6-10/h1-6,8-9,21H,7H2,(H2,17,18)(H,19,20,22). The fourth-order valence-electron chi connectivity index (χ4n) is 2.09. The van der Waals surface area contributed by atoms with Crippen molar-refractivity contribution >= 4 is 28.2 Å². The van der Waals surface area contributed by atoms with Crippen LogP contribution in [0.15, 0.2) is 48.0 Å². The molecule has 0 spiro atoms. The summed E-state index contributed by atoms with van der Waals surface area (Å²) in [5.74, 6) is 0.373. The maximum Gasteiger partial charge on any atom is 0.230 e.